The van der Waals surface area contributed by atoms with E-state index >= 15 is 0 Å². The SMILES string of the molecule is CNC(Cc1cccc(OC)c1)c1cc(Br)cs1. The van der Waals surface area contributed by atoms with Crippen molar-refractivity contribution in [3.05, 3.63) is 50.6 Å². The molecule has 2 nitrogen and oxygen atoms in total. The van der Waals surface area contributed by atoms with Crippen LogP contribution in [0.3, 0.4) is 0 Å². The molecule has 1 aromatic heterocycles. The fourth-order valence-corrected chi connectivity index (χ4v) is 3.45. The van der Waals surface area contributed by atoms with E-state index in [-0.39, 0.29) is 0 Å². The lowest BCUT2D eigenvalue weighted by Crippen LogP contribution is -2.17. The van der Waals surface area contributed by atoms with E-state index in [1.807, 2.05) is 19.2 Å². The van der Waals surface area contributed by atoms with E-state index in [0.717, 1.165) is 16.6 Å². The number of likely N-dealkylation sites (N-methyl/N-ethyl adjacent to an activating group) is 1. The first-order valence-electron chi connectivity index (χ1n) is 5.77. The van der Waals surface area contributed by atoms with E-state index in [1.54, 1.807) is 18.4 Å². The van der Waals surface area contributed by atoms with Gasteiger partial charge in [-0.2, -0.15) is 0 Å². The van der Waals surface area contributed by atoms with Gasteiger partial charge in [-0.25, -0.2) is 0 Å². The predicted octanol–water partition coefficient (Wildman–Crippen LogP) is 4.02. The zero-order valence-electron chi connectivity index (χ0n) is 10.4. The van der Waals surface area contributed by atoms with Crippen LogP contribution in [0.1, 0.15) is 16.5 Å². The van der Waals surface area contributed by atoms with Crippen molar-refractivity contribution in [1.82, 2.24) is 5.32 Å². The van der Waals surface area contributed by atoms with Crippen molar-refractivity contribution in [2.75, 3.05) is 14.2 Å². The molecule has 0 bridgehead atoms. The fraction of sp³-hybridized carbons (Fsp3) is 0.286. The Kier molecular flexibility index (Phi) is 4.80. The average Bonchev–Trinajstić information content (AvgIpc) is 2.82. The predicted molar refractivity (Wildman–Crippen MR) is 80.5 cm³/mol. The van der Waals surface area contributed by atoms with E-state index in [9.17, 15) is 0 Å². The highest BCUT2D eigenvalue weighted by Gasteiger charge is 2.12. The number of halogens is 1. The smallest absolute Gasteiger partial charge is 0.119 e. The van der Waals surface area contributed by atoms with Crippen LogP contribution in [0.15, 0.2) is 40.2 Å². The third-order valence-corrected chi connectivity index (χ3v) is 4.66. The number of ether oxygens (including phenoxy) is 1. The van der Waals surface area contributed by atoms with Gasteiger partial charge in [0.2, 0.25) is 0 Å². The molecule has 96 valence electrons. The quantitative estimate of drug-likeness (QED) is 0.896. The Bertz CT molecular complexity index is 512. The van der Waals surface area contributed by atoms with Gasteiger partial charge >= 0.3 is 0 Å². The summed E-state index contributed by atoms with van der Waals surface area (Å²) in [7, 11) is 3.70. The molecule has 1 atom stereocenters. The Labute approximate surface area is 120 Å². The second-order valence-electron chi connectivity index (χ2n) is 4.06. The van der Waals surface area contributed by atoms with Gasteiger partial charge in [-0.15, -0.1) is 11.3 Å². The Balaban J connectivity index is 2.14. The molecule has 1 aromatic carbocycles. The molecule has 1 heterocycles. The molecule has 0 amide bonds. The normalized spacial score (nSPS) is 12.4. The van der Waals surface area contributed by atoms with Gasteiger partial charge in [-0.05, 0) is 53.2 Å². The third-order valence-electron chi connectivity index (χ3n) is 2.85. The van der Waals surface area contributed by atoms with Crippen molar-refractivity contribution in [3.63, 3.8) is 0 Å². The van der Waals surface area contributed by atoms with Crippen LogP contribution < -0.4 is 10.1 Å². The van der Waals surface area contributed by atoms with Gasteiger partial charge in [0.1, 0.15) is 5.75 Å². The third kappa shape index (κ3) is 3.34. The van der Waals surface area contributed by atoms with E-state index in [2.05, 4.69) is 44.8 Å². The Morgan fingerprint density at radius 1 is 1.39 bits per heavy atom. The van der Waals surface area contributed by atoms with E-state index in [1.165, 1.54) is 10.4 Å². The minimum Gasteiger partial charge on any atom is -0.497 e. The first-order valence-corrected chi connectivity index (χ1v) is 7.44. The van der Waals surface area contributed by atoms with Crippen LogP contribution in [-0.2, 0) is 6.42 Å². The maximum absolute atomic E-state index is 5.25. The molecule has 18 heavy (non-hydrogen) atoms. The number of benzene rings is 1. The van der Waals surface area contributed by atoms with Gasteiger partial charge in [-0.1, -0.05) is 12.1 Å². The standard InChI is InChI=1S/C14H16BrNOS/c1-16-13(14-8-11(15)9-18-14)7-10-4-3-5-12(6-10)17-2/h3-6,8-9,13,16H,7H2,1-2H3. The number of thiophene rings is 1. The van der Waals surface area contributed by atoms with Gasteiger partial charge in [0.05, 0.1) is 7.11 Å². The highest BCUT2D eigenvalue weighted by molar-refractivity contribution is 9.10. The molecule has 0 spiro atoms. The van der Waals surface area contributed by atoms with E-state index < -0.39 is 0 Å². The summed E-state index contributed by atoms with van der Waals surface area (Å²) in [6.07, 6.45) is 0.959. The minimum absolute atomic E-state index is 0.341. The second kappa shape index (κ2) is 6.36. The Hall–Kier alpha value is -0.840. The lowest BCUT2D eigenvalue weighted by atomic mass is 10.0. The number of methoxy groups -OCH3 is 1. The highest BCUT2D eigenvalue weighted by atomic mass is 79.9. The fourth-order valence-electron chi connectivity index (χ4n) is 1.89. The molecule has 0 aliphatic carbocycles. The van der Waals surface area contributed by atoms with Crippen LogP contribution in [0.4, 0.5) is 0 Å². The van der Waals surface area contributed by atoms with Crippen molar-refractivity contribution in [3.8, 4) is 5.75 Å². The van der Waals surface area contributed by atoms with E-state index in [4.69, 9.17) is 4.74 Å². The summed E-state index contributed by atoms with van der Waals surface area (Å²) in [6, 6.07) is 10.7. The Morgan fingerprint density at radius 2 is 2.22 bits per heavy atom. The zero-order valence-corrected chi connectivity index (χ0v) is 12.8. The summed E-state index contributed by atoms with van der Waals surface area (Å²) >= 11 is 5.27. The Morgan fingerprint density at radius 3 is 2.83 bits per heavy atom. The number of hydrogen-bond acceptors (Lipinski definition) is 3. The number of hydrogen-bond donors (Lipinski definition) is 1. The summed E-state index contributed by atoms with van der Waals surface area (Å²) in [5.41, 5.74) is 1.28. The molecule has 0 fully saturated rings. The highest BCUT2D eigenvalue weighted by Crippen LogP contribution is 2.28. The van der Waals surface area contributed by atoms with Crippen molar-refractivity contribution >= 4 is 27.3 Å². The topological polar surface area (TPSA) is 21.3 Å². The zero-order chi connectivity index (χ0) is 13.0. The monoisotopic (exact) mass is 325 g/mol. The van der Waals surface area contributed by atoms with Crippen LogP contribution in [-0.4, -0.2) is 14.2 Å². The van der Waals surface area contributed by atoms with Crippen molar-refractivity contribution < 1.29 is 4.74 Å². The van der Waals surface area contributed by atoms with Gasteiger partial charge in [0.15, 0.2) is 0 Å². The molecule has 0 radical (unpaired) electrons. The summed E-state index contributed by atoms with van der Waals surface area (Å²) in [5.74, 6) is 0.912. The summed E-state index contributed by atoms with van der Waals surface area (Å²) in [6.45, 7) is 0. The lowest BCUT2D eigenvalue weighted by Gasteiger charge is -2.15. The van der Waals surface area contributed by atoms with Gasteiger partial charge in [-0.3, -0.25) is 0 Å². The molecule has 1 unspecified atom stereocenters. The van der Waals surface area contributed by atoms with Gasteiger partial charge in [0.25, 0.3) is 0 Å². The molecule has 4 heteroatoms. The summed E-state index contributed by atoms with van der Waals surface area (Å²) < 4.78 is 6.40. The molecule has 0 aliphatic heterocycles. The first-order chi connectivity index (χ1) is 8.72. The van der Waals surface area contributed by atoms with Crippen LogP contribution in [0.25, 0.3) is 0 Å². The summed E-state index contributed by atoms with van der Waals surface area (Å²) in [5, 5.41) is 5.48. The van der Waals surface area contributed by atoms with Crippen molar-refractivity contribution in [2.24, 2.45) is 0 Å². The van der Waals surface area contributed by atoms with Gasteiger partial charge in [0, 0.05) is 20.8 Å². The maximum atomic E-state index is 5.25. The van der Waals surface area contributed by atoms with E-state index in [0.29, 0.717) is 6.04 Å². The second-order valence-corrected chi connectivity index (χ2v) is 5.92. The van der Waals surface area contributed by atoms with Crippen molar-refractivity contribution in [2.45, 2.75) is 12.5 Å². The molecule has 0 saturated heterocycles. The molecular formula is C14H16BrNOS. The largest absolute Gasteiger partial charge is 0.497 e. The van der Waals surface area contributed by atoms with Crippen LogP contribution in [0, 0.1) is 0 Å². The molecular weight excluding hydrogens is 310 g/mol. The van der Waals surface area contributed by atoms with Crippen LogP contribution in [0.5, 0.6) is 5.75 Å². The molecule has 0 aliphatic rings. The van der Waals surface area contributed by atoms with Crippen molar-refractivity contribution in [1.29, 1.82) is 0 Å². The molecule has 1 N–H and O–H groups in total. The summed E-state index contributed by atoms with van der Waals surface area (Å²) in [4.78, 5) is 1.34. The molecule has 0 saturated carbocycles. The first kappa shape index (κ1) is 13.6. The number of nitrogens with one attached hydrogen (secondary N) is 1. The van der Waals surface area contributed by atoms with Gasteiger partial charge < -0.3 is 10.1 Å². The number of rotatable bonds is 5. The van der Waals surface area contributed by atoms with Crippen LogP contribution in [0.2, 0.25) is 0 Å². The average molecular weight is 326 g/mol. The molecule has 2 aromatic rings. The molecule has 2 rings (SSSR count). The maximum Gasteiger partial charge on any atom is 0.119 e. The van der Waals surface area contributed by atoms with Crippen LogP contribution >= 0.6 is 27.3 Å². The minimum atomic E-state index is 0.341. The lowest BCUT2D eigenvalue weighted by molar-refractivity contribution is 0.414.